The maximum atomic E-state index is 13.2. The van der Waals surface area contributed by atoms with Gasteiger partial charge in [0.25, 0.3) is 0 Å². The summed E-state index contributed by atoms with van der Waals surface area (Å²) in [5.41, 5.74) is 2.40. The molecule has 2 aromatic heterocycles. The molecule has 0 bridgehead atoms. The van der Waals surface area contributed by atoms with Gasteiger partial charge < -0.3 is 5.11 Å². The molecule has 0 spiro atoms. The summed E-state index contributed by atoms with van der Waals surface area (Å²) in [5.74, 6) is -1.21. The quantitative estimate of drug-likeness (QED) is 0.785. The minimum atomic E-state index is -0.895. The Kier molecular flexibility index (Phi) is 3.72. The SMILES string of the molecule is CC(C)(C)c1cn2c(-c3ccc(F)cc3)c(CC(=O)O)sc2n1. The van der Waals surface area contributed by atoms with Crippen molar-refractivity contribution in [2.75, 3.05) is 0 Å². The van der Waals surface area contributed by atoms with Crippen LogP contribution in [0, 0.1) is 5.82 Å². The smallest absolute Gasteiger partial charge is 0.308 e. The lowest BCUT2D eigenvalue weighted by Crippen LogP contribution is -2.11. The van der Waals surface area contributed by atoms with E-state index in [9.17, 15) is 9.18 Å². The zero-order valence-corrected chi connectivity index (χ0v) is 13.9. The molecule has 0 aliphatic rings. The normalized spacial score (nSPS) is 12.0. The van der Waals surface area contributed by atoms with Crippen LogP contribution in [-0.4, -0.2) is 20.5 Å². The van der Waals surface area contributed by atoms with Gasteiger partial charge >= 0.3 is 5.97 Å². The molecule has 0 atom stereocenters. The van der Waals surface area contributed by atoms with Gasteiger partial charge in [0, 0.05) is 16.5 Å². The van der Waals surface area contributed by atoms with E-state index < -0.39 is 5.97 Å². The zero-order valence-electron chi connectivity index (χ0n) is 13.1. The van der Waals surface area contributed by atoms with Crippen LogP contribution in [0.2, 0.25) is 0 Å². The zero-order chi connectivity index (χ0) is 16.8. The molecule has 1 aromatic carbocycles. The van der Waals surface area contributed by atoms with Crippen molar-refractivity contribution in [3.8, 4) is 11.3 Å². The van der Waals surface area contributed by atoms with Gasteiger partial charge in [0.2, 0.25) is 0 Å². The van der Waals surface area contributed by atoms with Crippen LogP contribution >= 0.6 is 11.3 Å². The van der Waals surface area contributed by atoms with Crippen molar-refractivity contribution in [1.29, 1.82) is 0 Å². The molecule has 0 radical (unpaired) electrons. The van der Waals surface area contributed by atoms with Crippen LogP contribution in [0.5, 0.6) is 0 Å². The highest BCUT2D eigenvalue weighted by molar-refractivity contribution is 7.17. The molecule has 0 aliphatic carbocycles. The molecular weight excluding hydrogens is 315 g/mol. The molecule has 2 heterocycles. The van der Waals surface area contributed by atoms with Crippen LogP contribution in [0.3, 0.4) is 0 Å². The Balaban J connectivity index is 2.23. The number of aliphatic carboxylic acids is 1. The number of fused-ring (bicyclic) bond motifs is 1. The molecule has 120 valence electrons. The van der Waals surface area contributed by atoms with E-state index in [1.165, 1.54) is 23.5 Å². The van der Waals surface area contributed by atoms with Crippen LogP contribution < -0.4 is 0 Å². The van der Waals surface area contributed by atoms with Crippen molar-refractivity contribution < 1.29 is 14.3 Å². The van der Waals surface area contributed by atoms with Crippen molar-refractivity contribution >= 4 is 22.3 Å². The van der Waals surface area contributed by atoms with Crippen molar-refractivity contribution in [3.63, 3.8) is 0 Å². The number of halogens is 1. The fourth-order valence-corrected chi connectivity index (χ4v) is 3.53. The number of nitrogens with zero attached hydrogens (tertiary/aromatic N) is 2. The second-order valence-corrected chi connectivity index (χ2v) is 7.54. The summed E-state index contributed by atoms with van der Waals surface area (Å²) in [4.78, 5) is 17.2. The van der Waals surface area contributed by atoms with Crippen LogP contribution in [-0.2, 0) is 16.6 Å². The third-order valence-corrected chi connectivity index (χ3v) is 4.65. The molecule has 0 saturated carbocycles. The summed E-state index contributed by atoms with van der Waals surface area (Å²) < 4.78 is 15.1. The predicted octanol–water partition coefficient (Wildman–Crippen LogP) is 4.13. The van der Waals surface area contributed by atoms with E-state index >= 15 is 0 Å². The fourth-order valence-electron chi connectivity index (χ4n) is 2.41. The van der Waals surface area contributed by atoms with Crippen molar-refractivity contribution in [2.45, 2.75) is 32.6 Å². The number of carboxylic acids is 1. The summed E-state index contributed by atoms with van der Waals surface area (Å²) in [6.45, 7) is 6.24. The lowest BCUT2D eigenvalue weighted by molar-refractivity contribution is -0.136. The Morgan fingerprint density at radius 1 is 1.30 bits per heavy atom. The Morgan fingerprint density at radius 2 is 1.96 bits per heavy atom. The highest BCUT2D eigenvalue weighted by atomic mass is 32.1. The average Bonchev–Trinajstić information content (AvgIpc) is 2.96. The highest BCUT2D eigenvalue weighted by Crippen LogP contribution is 2.34. The van der Waals surface area contributed by atoms with Crippen LogP contribution in [0.4, 0.5) is 4.39 Å². The molecule has 0 amide bonds. The number of imidazole rings is 1. The fraction of sp³-hybridized carbons (Fsp3) is 0.294. The summed E-state index contributed by atoms with van der Waals surface area (Å²) in [7, 11) is 0. The van der Waals surface area contributed by atoms with Gasteiger partial charge in [-0.15, -0.1) is 11.3 Å². The minimum absolute atomic E-state index is 0.0778. The summed E-state index contributed by atoms with van der Waals surface area (Å²) in [5, 5.41) is 9.15. The largest absolute Gasteiger partial charge is 0.481 e. The van der Waals surface area contributed by atoms with E-state index in [4.69, 9.17) is 5.11 Å². The third-order valence-electron chi connectivity index (χ3n) is 3.59. The molecule has 0 saturated heterocycles. The molecule has 1 N–H and O–H groups in total. The third kappa shape index (κ3) is 2.99. The minimum Gasteiger partial charge on any atom is -0.481 e. The Bertz CT molecular complexity index is 873. The van der Waals surface area contributed by atoms with Gasteiger partial charge in [0.15, 0.2) is 4.96 Å². The topological polar surface area (TPSA) is 54.6 Å². The van der Waals surface area contributed by atoms with Gasteiger partial charge in [0.1, 0.15) is 5.82 Å². The van der Waals surface area contributed by atoms with E-state index in [1.807, 2.05) is 10.6 Å². The summed E-state index contributed by atoms with van der Waals surface area (Å²) in [6.07, 6.45) is 1.86. The Morgan fingerprint density at radius 3 is 2.52 bits per heavy atom. The molecule has 0 aliphatic heterocycles. The van der Waals surface area contributed by atoms with Gasteiger partial charge in [-0.05, 0) is 29.8 Å². The van der Waals surface area contributed by atoms with Gasteiger partial charge in [0.05, 0.1) is 17.8 Å². The van der Waals surface area contributed by atoms with Crippen LogP contribution in [0.1, 0.15) is 31.3 Å². The molecule has 0 fully saturated rings. The van der Waals surface area contributed by atoms with E-state index in [1.54, 1.807) is 12.1 Å². The van der Waals surface area contributed by atoms with Gasteiger partial charge in [-0.1, -0.05) is 20.8 Å². The highest BCUT2D eigenvalue weighted by Gasteiger charge is 2.23. The first-order valence-electron chi connectivity index (χ1n) is 7.24. The van der Waals surface area contributed by atoms with Crippen molar-refractivity contribution in [1.82, 2.24) is 9.38 Å². The first-order valence-corrected chi connectivity index (χ1v) is 8.06. The number of hydrogen-bond acceptors (Lipinski definition) is 3. The molecule has 23 heavy (non-hydrogen) atoms. The number of carboxylic acid groups (broad SMARTS) is 1. The number of hydrogen-bond donors (Lipinski definition) is 1. The van der Waals surface area contributed by atoms with Crippen LogP contribution in [0.25, 0.3) is 16.2 Å². The van der Waals surface area contributed by atoms with E-state index in [2.05, 4.69) is 25.8 Å². The maximum Gasteiger partial charge on any atom is 0.308 e. The molecule has 3 rings (SSSR count). The van der Waals surface area contributed by atoms with E-state index in [0.717, 1.165) is 21.9 Å². The lowest BCUT2D eigenvalue weighted by atomic mass is 9.93. The Hall–Kier alpha value is -2.21. The average molecular weight is 332 g/mol. The van der Waals surface area contributed by atoms with Gasteiger partial charge in [-0.2, -0.15) is 0 Å². The maximum absolute atomic E-state index is 13.2. The predicted molar refractivity (Wildman–Crippen MR) is 88.5 cm³/mol. The summed E-state index contributed by atoms with van der Waals surface area (Å²) >= 11 is 1.37. The second-order valence-electron chi connectivity index (χ2n) is 6.48. The summed E-state index contributed by atoms with van der Waals surface area (Å²) in [6, 6.07) is 6.09. The van der Waals surface area contributed by atoms with Crippen molar-refractivity contribution in [3.05, 3.63) is 46.9 Å². The number of rotatable bonds is 3. The standard InChI is InChI=1S/C17H17FN2O2S/c1-17(2,3)13-9-20-15(10-4-6-11(18)7-5-10)12(8-14(21)22)23-16(20)19-13/h4-7,9H,8H2,1-3H3,(H,21,22). The molecular formula is C17H17FN2O2S. The van der Waals surface area contributed by atoms with E-state index in [-0.39, 0.29) is 17.7 Å². The van der Waals surface area contributed by atoms with Gasteiger partial charge in [-0.25, -0.2) is 9.37 Å². The number of thiazole rings is 1. The van der Waals surface area contributed by atoms with Crippen molar-refractivity contribution in [2.24, 2.45) is 0 Å². The van der Waals surface area contributed by atoms with E-state index in [0.29, 0.717) is 4.88 Å². The first-order chi connectivity index (χ1) is 10.8. The second kappa shape index (κ2) is 5.45. The van der Waals surface area contributed by atoms with Gasteiger partial charge in [-0.3, -0.25) is 9.20 Å². The van der Waals surface area contributed by atoms with Crippen LogP contribution in [0.15, 0.2) is 30.5 Å². The molecule has 4 nitrogen and oxygen atoms in total. The number of aromatic nitrogens is 2. The first kappa shape index (κ1) is 15.7. The monoisotopic (exact) mass is 332 g/mol. The lowest BCUT2D eigenvalue weighted by Gasteiger charge is -2.14. The molecule has 3 aromatic rings. The number of carbonyl (C=O) groups is 1. The Labute approximate surface area is 137 Å². The number of benzene rings is 1. The molecule has 0 unspecified atom stereocenters. The molecule has 6 heteroatoms.